The fourth-order valence-electron chi connectivity index (χ4n) is 2.15. The van der Waals surface area contributed by atoms with E-state index in [2.05, 4.69) is 16.5 Å². The number of hydrogen-bond acceptors (Lipinski definition) is 3. The molecule has 0 saturated heterocycles. The molecule has 1 aliphatic heterocycles. The van der Waals surface area contributed by atoms with Crippen LogP contribution in [-0.4, -0.2) is 16.3 Å². The first kappa shape index (κ1) is 10.1. The molecule has 0 unspecified atom stereocenters. The van der Waals surface area contributed by atoms with Gasteiger partial charge in [-0.25, -0.2) is 0 Å². The van der Waals surface area contributed by atoms with Crippen molar-refractivity contribution in [1.29, 1.82) is 5.26 Å². The molecule has 1 aromatic heterocycles. The molecule has 0 aliphatic carbocycles. The standard InChI is InChI=1S/C13H12N4/c14-7-10-1-3-11(4-2-10)12-8-16-17-6-5-15-9-13(12)17/h1-4,8,15H,5-6,9H2. The summed E-state index contributed by atoms with van der Waals surface area (Å²) in [6.07, 6.45) is 1.91. The Balaban J connectivity index is 2.03. The number of hydrogen-bond donors (Lipinski definition) is 1. The summed E-state index contributed by atoms with van der Waals surface area (Å²) in [5.74, 6) is 0. The summed E-state index contributed by atoms with van der Waals surface area (Å²) in [6.45, 7) is 2.75. The molecule has 0 radical (unpaired) electrons. The van der Waals surface area contributed by atoms with Gasteiger partial charge in [0, 0.05) is 18.7 Å². The van der Waals surface area contributed by atoms with Crippen LogP contribution in [0.15, 0.2) is 30.5 Å². The molecule has 4 nitrogen and oxygen atoms in total. The Morgan fingerprint density at radius 1 is 1.29 bits per heavy atom. The van der Waals surface area contributed by atoms with Crippen LogP contribution in [0, 0.1) is 11.3 Å². The second-order valence-corrected chi connectivity index (χ2v) is 4.09. The molecule has 0 saturated carbocycles. The van der Waals surface area contributed by atoms with Crippen LogP contribution in [0.1, 0.15) is 11.3 Å². The summed E-state index contributed by atoms with van der Waals surface area (Å²) in [5.41, 5.74) is 4.18. The third-order valence-corrected chi connectivity index (χ3v) is 3.07. The van der Waals surface area contributed by atoms with Crippen LogP contribution in [-0.2, 0) is 13.1 Å². The number of rotatable bonds is 1. The fraction of sp³-hybridized carbons (Fsp3) is 0.231. The average molecular weight is 224 g/mol. The lowest BCUT2D eigenvalue weighted by Crippen LogP contribution is -2.28. The highest BCUT2D eigenvalue weighted by Gasteiger charge is 2.15. The van der Waals surface area contributed by atoms with Crippen LogP contribution in [0.2, 0.25) is 0 Å². The van der Waals surface area contributed by atoms with Crippen molar-refractivity contribution in [3.8, 4) is 17.2 Å². The minimum atomic E-state index is 0.688. The van der Waals surface area contributed by atoms with Gasteiger partial charge >= 0.3 is 0 Å². The van der Waals surface area contributed by atoms with Crippen molar-refractivity contribution in [2.75, 3.05) is 6.54 Å². The number of nitrogens with one attached hydrogen (secondary N) is 1. The first-order valence-electron chi connectivity index (χ1n) is 5.64. The van der Waals surface area contributed by atoms with E-state index in [1.165, 1.54) is 5.69 Å². The summed E-state index contributed by atoms with van der Waals surface area (Å²) < 4.78 is 2.05. The van der Waals surface area contributed by atoms with Gasteiger partial charge in [-0.05, 0) is 17.7 Å². The van der Waals surface area contributed by atoms with Crippen LogP contribution >= 0.6 is 0 Å². The van der Waals surface area contributed by atoms with Crippen molar-refractivity contribution in [3.05, 3.63) is 41.7 Å². The van der Waals surface area contributed by atoms with Crippen LogP contribution in [0.25, 0.3) is 11.1 Å². The SMILES string of the molecule is N#Cc1ccc(-c2cnn3c2CNCC3)cc1. The number of fused-ring (bicyclic) bond motifs is 1. The molecular weight excluding hydrogens is 212 g/mol. The van der Waals surface area contributed by atoms with E-state index in [1.807, 2.05) is 35.1 Å². The molecular formula is C13H12N4. The Morgan fingerprint density at radius 2 is 2.12 bits per heavy atom. The third kappa shape index (κ3) is 1.71. The van der Waals surface area contributed by atoms with Gasteiger partial charge in [0.05, 0.1) is 30.1 Å². The van der Waals surface area contributed by atoms with Gasteiger partial charge in [-0.3, -0.25) is 4.68 Å². The summed E-state index contributed by atoms with van der Waals surface area (Å²) in [5, 5.41) is 16.5. The highest BCUT2D eigenvalue weighted by Crippen LogP contribution is 2.24. The van der Waals surface area contributed by atoms with Crippen molar-refractivity contribution >= 4 is 0 Å². The lowest BCUT2D eigenvalue weighted by atomic mass is 10.0. The van der Waals surface area contributed by atoms with Crippen LogP contribution in [0.3, 0.4) is 0 Å². The molecule has 4 heteroatoms. The zero-order valence-electron chi connectivity index (χ0n) is 9.35. The normalized spacial score (nSPS) is 14.1. The fourth-order valence-corrected chi connectivity index (χ4v) is 2.15. The van der Waals surface area contributed by atoms with Crippen molar-refractivity contribution < 1.29 is 0 Å². The number of nitriles is 1. The Labute approximate surface area is 99.5 Å². The van der Waals surface area contributed by atoms with Crippen molar-refractivity contribution in [3.63, 3.8) is 0 Å². The van der Waals surface area contributed by atoms with Gasteiger partial charge in [-0.2, -0.15) is 10.4 Å². The Bertz CT molecular complexity index is 574. The predicted octanol–water partition coefficient (Wildman–Crippen LogP) is 1.52. The van der Waals surface area contributed by atoms with Gasteiger partial charge in [0.2, 0.25) is 0 Å². The van der Waals surface area contributed by atoms with E-state index in [4.69, 9.17) is 5.26 Å². The molecule has 0 atom stereocenters. The second-order valence-electron chi connectivity index (χ2n) is 4.09. The second kappa shape index (κ2) is 4.04. The predicted molar refractivity (Wildman–Crippen MR) is 64.1 cm³/mol. The van der Waals surface area contributed by atoms with Crippen LogP contribution < -0.4 is 5.32 Å². The quantitative estimate of drug-likeness (QED) is 0.799. The molecule has 0 amide bonds. The van der Waals surface area contributed by atoms with Crippen molar-refractivity contribution in [2.45, 2.75) is 13.1 Å². The number of nitrogens with zero attached hydrogens (tertiary/aromatic N) is 3. The molecule has 3 rings (SSSR count). The van der Waals surface area contributed by atoms with Crippen molar-refractivity contribution in [1.82, 2.24) is 15.1 Å². The highest BCUT2D eigenvalue weighted by atomic mass is 15.3. The van der Waals surface area contributed by atoms with Crippen LogP contribution in [0.5, 0.6) is 0 Å². The maximum Gasteiger partial charge on any atom is 0.0991 e. The van der Waals surface area contributed by atoms with Crippen molar-refractivity contribution in [2.24, 2.45) is 0 Å². The molecule has 1 aromatic carbocycles. The molecule has 1 aliphatic rings. The first-order valence-corrected chi connectivity index (χ1v) is 5.64. The first-order chi connectivity index (χ1) is 8.38. The topological polar surface area (TPSA) is 53.6 Å². The van der Waals surface area contributed by atoms with E-state index in [0.29, 0.717) is 5.56 Å². The lowest BCUT2D eigenvalue weighted by molar-refractivity contribution is 0.476. The van der Waals surface area contributed by atoms with Crippen LogP contribution in [0.4, 0.5) is 0 Å². The van der Waals surface area contributed by atoms with E-state index in [-0.39, 0.29) is 0 Å². The molecule has 1 N–H and O–H groups in total. The summed E-state index contributed by atoms with van der Waals surface area (Å²) in [7, 11) is 0. The van der Waals surface area contributed by atoms with Gasteiger partial charge in [0.25, 0.3) is 0 Å². The number of benzene rings is 1. The monoisotopic (exact) mass is 224 g/mol. The van der Waals surface area contributed by atoms with Gasteiger partial charge in [-0.15, -0.1) is 0 Å². The third-order valence-electron chi connectivity index (χ3n) is 3.07. The Morgan fingerprint density at radius 3 is 2.88 bits per heavy atom. The molecule has 2 aromatic rings. The molecule has 84 valence electrons. The molecule has 0 spiro atoms. The van der Waals surface area contributed by atoms with Gasteiger partial charge < -0.3 is 5.32 Å². The summed E-state index contributed by atoms with van der Waals surface area (Å²) in [6, 6.07) is 9.77. The zero-order valence-corrected chi connectivity index (χ0v) is 9.35. The zero-order chi connectivity index (χ0) is 11.7. The lowest BCUT2D eigenvalue weighted by Gasteiger charge is -2.16. The Kier molecular flexibility index (Phi) is 2.39. The summed E-state index contributed by atoms with van der Waals surface area (Å²) >= 11 is 0. The maximum absolute atomic E-state index is 8.77. The van der Waals surface area contributed by atoms with E-state index < -0.39 is 0 Å². The van der Waals surface area contributed by atoms with E-state index >= 15 is 0 Å². The maximum atomic E-state index is 8.77. The van der Waals surface area contributed by atoms with E-state index in [0.717, 1.165) is 30.8 Å². The molecule has 0 bridgehead atoms. The van der Waals surface area contributed by atoms with E-state index in [1.54, 1.807) is 0 Å². The molecule has 0 fully saturated rings. The van der Waals surface area contributed by atoms with E-state index in [9.17, 15) is 0 Å². The van der Waals surface area contributed by atoms with Gasteiger partial charge in [0.15, 0.2) is 0 Å². The number of aromatic nitrogens is 2. The largest absolute Gasteiger partial charge is 0.309 e. The molecule has 17 heavy (non-hydrogen) atoms. The minimum Gasteiger partial charge on any atom is -0.309 e. The van der Waals surface area contributed by atoms with Gasteiger partial charge in [-0.1, -0.05) is 12.1 Å². The van der Waals surface area contributed by atoms with Gasteiger partial charge in [0.1, 0.15) is 0 Å². The molecule has 2 heterocycles. The average Bonchev–Trinajstić information content (AvgIpc) is 2.83. The minimum absolute atomic E-state index is 0.688. The smallest absolute Gasteiger partial charge is 0.0991 e. The summed E-state index contributed by atoms with van der Waals surface area (Å²) in [4.78, 5) is 0. The highest BCUT2D eigenvalue weighted by molar-refractivity contribution is 5.66. The Hall–Kier alpha value is -2.12.